The molecule has 2 N–H and O–H groups in total. The van der Waals surface area contributed by atoms with Crippen molar-refractivity contribution in [3.05, 3.63) is 96.2 Å². The third-order valence-electron chi connectivity index (χ3n) is 6.44. The lowest BCUT2D eigenvalue weighted by atomic mass is 10.0. The van der Waals surface area contributed by atoms with Crippen molar-refractivity contribution in [1.29, 1.82) is 0 Å². The van der Waals surface area contributed by atoms with Crippen LogP contribution >= 0.6 is 0 Å². The zero-order valence-corrected chi connectivity index (χ0v) is 20.0. The number of nitrogens with one attached hydrogen (secondary N) is 2. The molecule has 4 aromatic rings. The number of fused-ring (bicyclic) bond motifs is 1. The van der Waals surface area contributed by atoms with Crippen molar-refractivity contribution in [2.75, 3.05) is 10.6 Å². The lowest BCUT2D eigenvalue weighted by molar-refractivity contribution is -0.131. The van der Waals surface area contributed by atoms with Crippen molar-refractivity contribution in [3.8, 4) is 11.5 Å². The summed E-state index contributed by atoms with van der Waals surface area (Å²) in [7, 11) is 0. The molecule has 1 saturated carbocycles. The largest absolute Gasteiger partial charge is 0.454 e. The summed E-state index contributed by atoms with van der Waals surface area (Å²) in [5.41, 5.74) is 1.95. The molecule has 0 spiro atoms. The third-order valence-corrected chi connectivity index (χ3v) is 6.44. The first kappa shape index (κ1) is 24.1. The van der Waals surface area contributed by atoms with Crippen LogP contribution in [-0.4, -0.2) is 16.8 Å². The molecule has 6 nitrogen and oxygen atoms in total. The summed E-state index contributed by atoms with van der Waals surface area (Å²) in [6, 6.07) is 14.8. The second-order valence-corrected chi connectivity index (χ2v) is 8.98. The Kier molecular flexibility index (Phi) is 6.17. The third kappa shape index (κ3) is 4.78. The molecule has 186 valence electrons. The van der Waals surface area contributed by atoms with E-state index in [9.17, 15) is 18.4 Å². The smallest absolute Gasteiger partial charge is 0.240 e. The lowest BCUT2D eigenvalue weighted by Gasteiger charge is -2.16. The Bertz CT molecular complexity index is 1550. The monoisotopic (exact) mass is 499 g/mol. The first-order chi connectivity index (χ1) is 17.8. The molecular weight excluding hydrogens is 476 g/mol. The number of aromatic nitrogens is 1. The van der Waals surface area contributed by atoms with Gasteiger partial charge in [-0.25, -0.2) is 8.78 Å². The summed E-state index contributed by atoms with van der Waals surface area (Å²) >= 11 is 0. The van der Waals surface area contributed by atoms with Crippen LogP contribution in [0, 0.1) is 24.0 Å². The zero-order chi connectivity index (χ0) is 26.2. The second-order valence-electron chi connectivity index (χ2n) is 8.98. The van der Waals surface area contributed by atoms with E-state index in [1.54, 1.807) is 18.3 Å². The Balaban J connectivity index is 1.30. The molecule has 3 aromatic carbocycles. The predicted molar refractivity (Wildman–Crippen MR) is 138 cm³/mol. The van der Waals surface area contributed by atoms with Gasteiger partial charge in [0.2, 0.25) is 11.8 Å². The standard InChI is InChI=1S/C29H23F2N3O3/c1-3-18-15-24-22(14-17(18)2)25(10-13-32-24)37-26-9-8-21(16-23(26)31)34-28(36)29(11-12-29)27(35)33-20-6-4-19(30)5-7-20/h3-10,13-16H,1,11-12H2,2H3,(H,33,35)(H,34,36). The number of aryl methyl sites for hydroxylation is 1. The van der Waals surface area contributed by atoms with Crippen LogP contribution in [0.1, 0.15) is 24.0 Å². The normalized spacial score (nSPS) is 13.6. The van der Waals surface area contributed by atoms with Gasteiger partial charge in [0.1, 0.15) is 17.0 Å². The number of hydrogen-bond donors (Lipinski definition) is 2. The van der Waals surface area contributed by atoms with Crippen LogP contribution in [0.2, 0.25) is 0 Å². The highest BCUT2D eigenvalue weighted by Gasteiger charge is 2.56. The maximum atomic E-state index is 15.0. The summed E-state index contributed by atoms with van der Waals surface area (Å²) in [6.07, 6.45) is 4.04. The fourth-order valence-corrected chi connectivity index (χ4v) is 4.10. The Morgan fingerprint density at radius 1 is 0.946 bits per heavy atom. The van der Waals surface area contributed by atoms with Gasteiger partial charge in [-0.3, -0.25) is 14.6 Å². The molecule has 0 atom stereocenters. The summed E-state index contributed by atoms with van der Waals surface area (Å²) in [4.78, 5) is 30.0. The molecule has 0 unspecified atom stereocenters. The van der Waals surface area contributed by atoms with Crippen LogP contribution in [0.25, 0.3) is 17.0 Å². The van der Waals surface area contributed by atoms with Gasteiger partial charge in [0.25, 0.3) is 0 Å². The molecule has 0 bridgehead atoms. The molecule has 1 aliphatic carbocycles. The zero-order valence-electron chi connectivity index (χ0n) is 20.0. The van der Waals surface area contributed by atoms with E-state index >= 15 is 0 Å². The minimum absolute atomic E-state index is 0.0221. The number of rotatable bonds is 7. The Morgan fingerprint density at radius 2 is 1.62 bits per heavy atom. The van der Waals surface area contributed by atoms with E-state index in [1.807, 2.05) is 19.1 Å². The van der Waals surface area contributed by atoms with Gasteiger partial charge in [0.15, 0.2) is 11.6 Å². The van der Waals surface area contributed by atoms with Crippen LogP contribution in [0.15, 0.2) is 73.4 Å². The number of anilines is 2. The molecule has 1 aliphatic rings. The minimum atomic E-state index is -1.25. The Hall–Kier alpha value is -4.59. The van der Waals surface area contributed by atoms with Crippen molar-refractivity contribution in [2.24, 2.45) is 5.41 Å². The average molecular weight is 500 g/mol. The van der Waals surface area contributed by atoms with Gasteiger partial charge in [-0.2, -0.15) is 0 Å². The molecule has 0 saturated heterocycles. The molecular formula is C29H23F2N3O3. The van der Waals surface area contributed by atoms with Gasteiger partial charge >= 0.3 is 0 Å². The number of nitrogens with zero attached hydrogens (tertiary/aromatic N) is 1. The first-order valence-electron chi connectivity index (χ1n) is 11.7. The summed E-state index contributed by atoms with van der Waals surface area (Å²) < 4.78 is 33.9. The molecule has 1 aromatic heterocycles. The molecule has 37 heavy (non-hydrogen) atoms. The maximum Gasteiger partial charge on any atom is 0.240 e. The van der Waals surface area contributed by atoms with E-state index < -0.39 is 28.9 Å². The number of hydrogen-bond acceptors (Lipinski definition) is 4. The summed E-state index contributed by atoms with van der Waals surface area (Å²) in [6.45, 7) is 5.75. The maximum absolute atomic E-state index is 15.0. The average Bonchev–Trinajstić information content (AvgIpc) is 3.69. The number of ether oxygens (including phenoxy) is 1. The summed E-state index contributed by atoms with van der Waals surface area (Å²) in [5, 5.41) is 6.00. The molecule has 1 heterocycles. The molecule has 0 radical (unpaired) electrons. The molecule has 1 fully saturated rings. The van der Waals surface area contributed by atoms with Crippen LogP contribution < -0.4 is 15.4 Å². The van der Waals surface area contributed by atoms with Crippen LogP contribution in [0.4, 0.5) is 20.2 Å². The SMILES string of the molecule is C=Cc1cc2nccc(Oc3ccc(NC(=O)C4(C(=O)Nc5ccc(F)cc5)CC4)cc3F)c2cc1C. The van der Waals surface area contributed by atoms with Crippen LogP contribution in [-0.2, 0) is 9.59 Å². The highest BCUT2D eigenvalue weighted by atomic mass is 19.1. The highest BCUT2D eigenvalue weighted by molar-refractivity contribution is 6.16. The van der Waals surface area contributed by atoms with Crippen molar-refractivity contribution >= 4 is 40.2 Å². The van der Waals surface area contributed by atoms with Gasteiger partial charge in [-0.15, -0.1) is 0 Å². The van der Waals surface area contributed by atoms with Gasteiger partial charge in [0, 0.05) is 29.0 Å². The van der Waals surface area contributed by atoms with Gasteiger partial charge in [-0.1, -0.05) is 12.7 Å². The van der Waals surface area contributed by atoms with E-state index in [0.29, 0.717) is 29.8 Å². The van der Waals surface area contributed by atoms with Crippen molar-refractivity contribution < 1.29 is 23.1 Å². The van der Waals surface area contributed by atoms with Crippen LogP contribution in [0.5, 0.6) is 11.5 Å². The minimum Gasteiger partial charge on any atom is -0.454 e. The van der Waals surface area contributed by atoms with Crippen molar-refractivity contribution in [2.45, 2.75) is 19.8 Å². The van der Waals surface area contributed by atoms with Crippen molar-refractivity contribution in [1.82, 2.24) is 4.98 Å². The number of benzene rings is 3. The number of halogens is 2. The Morgan fingerprint density at radius 3 is 2.27 bits per heavy atom. The highest BCUT2D eigenvalue weighted by Crippen LogP contribution is 2.47. The number of amides is 2. The van der Waals surface area contributed by atoms with Crippen LogP contribution in [0.3, 0.4) is 0 Å². The number of carbonyl (C=O) groups is 2. The van der Waals surface area contributed by atoms with Crippen molar-refractivity contribution in [3.63, 3.8) is 0 Å². The summed E-state index contributed by atoms with van der Waals surface area (Å²) in [5.74, 6) is -1.71. The second kappa shape index (κ2) is 9.46. The Labute approximate surface area is 212 Å². The fourth-order valence-electron chi connectivity index (χ4n) is 4.10. The van der Waals surface area contributed by atoms with E-state index in [-0.39, 0.29) is 11.4 Å². The topological polar surface area (TPSA) is 80.3 Å². The molecule has 2 amide bonds. The van der Waals surface area contributed by atoms with Gasteiger partial charge < -0.3 is 15.4 Å². The molecule has 0 aliphatic heterocycles. The fraction of sp³-hybridized carbons (Fsp3) is 0.138. The molecule has 8 heteroatoms. The van der Waals surface area contributed by atoms with E-state index in [0.717, 1.165) is 22.6 Å². The number of pyridine rings is 1. The van der Waals surface area contributed by atoms with E-state index in [2.05, 4.69) is 22.2 Å². The van der Waals surface area contributed by atoms with Gasteiger partial charge in [-0.05, 0) is 85.5 Å². The number of carbonyl (C=O) groups excluding carboxylic acids is 2. The lowest BCUT2D eigenvalue weighted by Crippen LogP contribution is -2.35. The quantitative estimate of drug-likeness (QED) is 0.280. The van der Waals surface area contributed by atoms with E-state index in [4.69, 9.17) is 4.74 Å². The molecule has 5 rings (SSSR count). The first-order valence-corrected chi connectivity index (χ1v) is 11.7. The van der Waals surface area contributed by atoms with Gasteiger partial charge in [0.05, 0.1) is 5.52 Å². The predicted octanol–water partition coefficient (Wildman–Crippen LogP) is 6.61. The van der Waals surface area contributed by atoms with E-state index in [1.165, 1.54) is 36.4 Å².